The first kappa shape index (κ1) is 16.9. The normalized spacial score (nSPS) is 24.6. The van der Waals surface area contributed by atoms with Crippen LogP contribution in [0.4, 0.5) is 0 Å². The van der Waals surface area contributed by atoms with E-state index in [2.05, 4.69) is 45.1 Å². The van der Waals surface area contributed by atoms with Crippen molar-refractivity contribution in [1.82, 2.24) is 10.2 Å². The Morgan fingerprint density at radius 1 is 1.37 bits per heavy atom. The molecule has 19 heavy (non-hydrogen) atoms. The number of likely N-dealkylation sites (N-methyl/N-ethyl adjacent to an activating group) is 1. The fourth-order valence-electron chi connectivity index (χ4n) is 3.05. The van der Waals surface area contributed by atoms with Gasteiger partial charge in [-0.25, -0.2) is 0 Å². The van der Waals surface area contributed by atoms with Gasteiger partial charge in [-0.15, -0.1) is 0 Å². The van der Waals surface area contributed by atoms with Gasteiger partial charge in [0, 0.05) is 18.2 Å². The van der Waals surface area contributed by atoms with Crippen LogP contribution in [0.3, 0.4) is 0 Å². The van der Waals surface area contributed by atoms with Gasteiger partial charge in [-0.05, 0) is 66.1 Å². The van der Waals surface area contributed by atoms with Gasteiger partial charge in [0.05, 0.1) is 6.10 Å². The van der Waals surface area contributed by atoms with E-state index < -0.39 is 0 Å². The minimum absolute atomic E-state index is 0.230. The Bertz CT molecular complexity index is 239. The molecule has 1 aliphatic heterocycles. The SMILES string of the molecule is CCCNC(CCC1CCCO1)C(C)(CC)N(C)C. The van der Waals surface area contributed by atoms with Crippen LogP contribution in [0.1, 0.15) is 59.3 Å². The fourth-order valence-corrected chi connectivity index (χ4v) is 3.05. The Balaban J connectivity index is 2.58. The maximum absolute atomic E-state index is 5.77. The van der Waals surface area contributed by atoms with Crippen molar-refractivity contribution in [2.75, 3.05) is 27.2 Å². The molecule has 1 N–H and O–H groups in total. The smallest absolute Gasteiger partial charge is 0.0576 e. The third-order valence-corrected chi connectivity index (χ3v) is 4.93. The van der Waals surface area contributed by atoms with E-state index in [1.165, 1.54) is 38.5 Å². The first-order chi connectivity index (χ1) is 9.04. The van der Waals surface area contributed by atoms with Gasteiger partial charge in [-0.3, -0.25) is 0 Å². The molecule has 0 bridgehead atoms. The zero-order chi connectivity index (χ0) is 14.3. The van der Waals surface area contributed by atoms with Gasteiger partial charge in [-0.1, -0.05) is 13.8 Å². The van der Waals surface area contributed by atoms with Crippen molar-refractivity contribution in [1.29, 1.82) is 0 Å². The van der Waals surface area contributed by atoms with Gasteiger partial charge >= 0.3 is 0 Å². The molecular weight excluding hydrogens is 236 g/mol. The molecular formula is C16H34N2O. The first-order valence-electron chi connectivity index (χ1n) is 8.07. The highest BCUT2D eigenvalue weighted by Gasteiger charge is 2.34. The molecule has 0 saturated carbocycles. The number of ether oxygens (including phenoxy) is 1. The zero-order valence-electron chi connectivity index (χ0n) is 13.7. The average Bonchev–Trinajstić information content (AvgIpc) is 2.91. The summed E-state index contributed by atoms with van der Waals surface area (Å²) in [6.45, 7) is 9.00. The molecule has 3 atom stereocenters. The quantitative estimate of drug-likeness (QED) is 0.697. The molecule has 1 rings (SSSR count). The summed E-state index contributed by atoms with van der Waals surface area (Å²) in [6.07, 6.45) is 7.80. The third kappa shape index (κ3) is 4.73. The van der Waals surface area contributed by atoms with Crippen molar-refractivity contribution in [2.24, 2.45) is 0 Å². The maximum Gasteiger partial charge on any atom is 0.0576 e. The lowest BCUT2D eigenvalue weighted by Gasteiger charge is -2.43. The van der Waals surface area contributed by atoms with Crippen LogP contribution in [0.5, 0.6) is 0 Å². The number of hydrogen-bond acceptors (Lipinski definition) is 3. The number of nitrogens with zero attached hydrogens (tertiary/aromatic N) is 1. The molecule has 0 amide bonds. The summed E-state index contributed by atoms with van der Waals surface area (Å²) in [5.41, 5.74) is 0.230. The Morgan fingerprint density at radius 3 is 2.58 bits per heavy atom. The van der Waals surface area contributed by atoms with Crippen LogP contribution in [0.25, 0.3) is 0 Å². The van der Waals surface area contributed by atoms with Gasteiger partial charge in [0.1, 0.15) is 0 Å². The van der Waals surface area contributed by atoms with E-state index in [1.807, 2.05) is 0 Å². The van der Waals surface area contributed by atoms with Crippen LogP contribution in [0.2, 0.25) is 0 Å². The third-order valence-electron chi connectivity index (χ3n) is 4.93. The van der Waals surface area contributed by atoms with E-state index in [0.29, 0.717) is 12.1 Å². The summed E-state index contributed by atoms with van der Waals surface area (Å²) in [5, 5.41) is 3.77. The van der Waals surface area contributed by atoms with Crippen LogP contribution in [-0.2, 0) is 4.74 Å². The summed E-state index contributed by atoms with van der Waals surface area (Å²) in [6, 6.07) is 0.552. The highest BCUT2D eigenvalue weighted by atomic mass is 16.5. The predicted molar refractivity (Wildman–Crippen MR) is 82.7 cm³/mol. The van der Waals surface area contributed by atoms with Gasteiger partial charge in [0.2, 0.25) is 0 Å². The largest absolute Gasteiger partial charge is 0.378 e. The minimum atomic E-state index is 0.230. The molecule has 3 heteroatoms. The molecule has 0 aromatic heterocycles. The minimum Gasteiger partial charge on any atom is -0.378 e. The second kappa shape index (κ2) is 8.23. The van der Waals surface area contributed by atoms with Crippen LogP contribution in [0.15, 0.2) is 0 Å². The Morgan fingerprint density at radius 2 is 2.11 bits per heavy atom. The molecule has 1 heterocycles. The molecule has 0 spiro atoms. The van der Waals surface area contributed by atoms with Crippen molar-refractivity contribution < 1.29 is 4.74 Å². The molecule has 1 aliphatic rings. The fraction of sp³-hybridized carbons (Fsp3) is 1.00. The molecule has 114 valence electrons. The second-order valence-corrected chi connectivity index (χ2v) is 6.32. The lowest BCUT2D eigenvalue weighted by Crippen LogP contribution is -2.57. The lowest BCUT2D eigenvalue weighted by atomic mass is 9.84. The van der Waals surface area contributed by atoms with Gasteiger partial charge in [0.15, 0.2) is 0 Å². The van der Waals surface area contributed by atoms with E-state index in [0.717, 1.165) is 13.2 Å². The van der Waals surface area contributed by atoms with Crippen molar-refractivity contribution in [3.05, 3.63) is 0 Å². The molecule has 3 unspecified atom stereocenters. The highest BCUT2D eigenvalue weighted by Crippen LogP contribution is 2.26. The molecule has 3 nitrogen and oxygen atoms in total. The Hall–Kier alpha value is -0.120. The van der Waals surface area contributed by atoms with E-state index in [4.69, 9.17) is 4.74 Å². The molecule has 0 aromatic rings. The van der Waals surface area contributed by atoms with Crippen LogP contribution >= 0.6 is 0 Å². The molecule has 1 saturated heterocycles. The summed E-state index contributed by atoms with van der Waals surface area (Å²) >= 11 is 0. The maximum atomic E-state index is 5.77. The standard InChI is InChI=1S/C16H34N2O/c1-6-12-17-15(16(3,7-2)18(4)5)11-10-14-9-8-13-19-14/h14-15,17H,6-13H2,1-5H3. The van der Waals surface area contributed by atoms with Gasteiger partial charge < -0.3 is 15.0 Å². The van der Waals surface area contributed by atoms with Crippen molar-refractivity contribution in [3.63, 3.8) is 0 Å². The number of rotatable bonds is 9. The lowest BCUT2D eigenvalue weighted by molar-refractivity contribution is 0.0744. The van der Waals surface area contributed by atoms with Crippen molar-refractivity contribution in [2.45, 2.75) is 77.0 Å². The predicted octanol–water partition coefficient (Wildman–Crippen LogP) is 3.04. The second-order valence-electron chi connectivity index (χ2n) is 6.32. The van der Waals surface area contributed by atoms with E-state index in [1.54, 1.807) is 0 Å². The summed E-state index contributed by atoms with van der Waals surface area (Å²) < 4.78 is 5.77. The van der Waals surface area contributed by atoms with Gasteiger partial charge in [0.25, 0.3) is 0 Å². The molecule has 0 radical (unpaired) electrons. The number of hydrogen-bond donors (Lipinski definition) is 1. The van der Waals surface area contributed by atoms with Crippen LogP contribution < -0.4 is 5.32 Å². The van der Waals surface area contributed by atoms with Crippen molar-refractivity contribution >= 4 is 0 Å². The summed E-state index contributed by atoms with van der Waals surface area (Å²) in [5.74, 6) is 0. The van der Waals surface area contributed by atoms with Crippen LogP contribution in [0, 0.1) is 0 Å². The summed E-state index contributed by atoms with van der Waals surface area (Å²) in [4.78, 5) is 2.38. The van der Waals surface area contributed by atoms with Gasteiger partial charge in [-0.2, -0.15) is 0 Å². The molecule has 1 fully saturated rings. The number of nitrogens with one attached hydrogen (secondary N) is 1. The van der Waals surface area contributed by atoms with E-state index in [9.17, 15) is 0 Å². The first-order valence-corrected chi connectivity index (χ1v) is 8.07. The van der Waals surface area contributed by atoms with Crippen molar-refractivity contribution in [3.8, 4) is 0 Å². The van der Waals surface area contributed by atoms with Crippen LogP contribution in [-0.4, -0.2) is 49.8 Å². The molecule has 0 aromatic carbocycles. The van der Waals surface area contributed by atoms with E-state index in [-0.39, 0.29) is 5.54 Å². The summed E-state index contributed by atoms with van der Waals surface area (Å²) in [7, 11) is 4.41. The zero-order valence-corrected chi connectivity index (χ0v) is 13.7. The highest BCUT2D eigenvalue weighted by molar-refractivity contribution is 4.94. The Labute approximate surface area is 120 Å². The average molecular weight is 270 g/mol. The van der Waals surface area contributed by atoms with E-state index >= 15 is 0 Å². The topological polar surface area (TPSA) is 24.5 Å². The monoisotopic (exact) mass is 270 g/mol. The Kier molecular flexibility index (Phi) is 7.33. The molecule has 0 aliphatic carbocycles.